The zero-order chi connectivity index (χ0) is 11.2. The highest BCUT2D eigenvalue weighted by Crippen LogP contribution is 2.22. The summed E-state index contributed by atoms with van der Waals surface area (Å²) in [4.78, 5) is 0. The first-order valence-corrected chi connectivity index (χ1v) is 6.13. The van der Waals surface area contributed by atoms with Gasteiger partial charge in [0.15, 0.2) is 0 Å². The molecule has 0 aromatic heterocycles. The highest BCUT2D eigenvalue weighted by atomic mass is 16.5. The molecule has 1 aromatic rings. The highest BCUT2D eigenvalue weighted by molar-refractivity contribution is 5.30. The molecule has 0 amide bonds. The number of hydrogen-bond acceptors (Lipinski definition) is 1. The number of rotatable bonds is 3. The third-order valence-corrected chi connectivity index (χ3v) is 2.94. The molecule has 0 heterocycles. The second-order valence-electron chi connectivity index (χ2n) is 4.27. The topological polar surface area (TPSA) is 9.23 Å². The summed E-state index contributed by atoms with van der Waals surface area (Å²) in [5.41, 5.74) is 1.23. The Morgan fingerprint density at radius 2 is 2.12 bits per heavy atom. The van der Waals surface area contributed by atoms with Gasteiger partial charge in [-0.3, -0.25) is 0 Å². The molecule has 1 aromatic carbocycles. The van der Waals surface area contributed by atoms with Gasteiger partial charge in [0, 0.05) is 6.42 Å². The van der Waals surface area contributed by atoms with Crippen molar-refractivity contribution >= 4 is 0 Å². The number of benzene rings is 1. The molecule has 1 nitrogen and oxygen atoms in total. The van der Waals surface area contributed by atoms with E-state index in [1.54, 1.807) is 0 Å². The SMILES string of the molecule is [CH2]Cc1cccc(OC2=CCCCCC2)c1. The molecule has 1 aliphatic carbocycles. The Bertz CT molecular complexity index is 365. The summed E-state index contributed by atoms with van der Waals surface area (Å²) in [6.45, 7) is 3.89. The van der Waals surface area contributed by atoms with Crippen molar-refractivity contribution in [1.29, 1.82) is 0 Å². The largest absolute Gasteiger partial charge is 0.462 e. The van der Waals surface area contributed by atoms with E-state index in [-0.39, 0.29) is 0 Å². The Labute approximate surface area is 98.1 Å². The average molecular weight is 215 g/mol. The Morgan fingerprint density at radius 3 is 3.00 bits per heavy atom. The Balaban J connectivity index is 2.04. The van der Waals surface area contributed by atoms with E-state index in [0.29, 0.717) is 0 Å². The Morgan fingerprint density at radius 1 is 1.19 bits per heavy atom. The van der Waals surface area contributed by atoms with Crippen LogP contribution in [0.15, 0.2) is 36.1 Å². The molecule has 0 saturated heterocycles. The lowest BCUT2D eigenvalue weighted by atomic mass is 10.1. The van der Waals surface area contributed by atoms with Crippen LogP contribution in [0.3, 0.4) is 0 Å². The van der Waals surface area contributed by atoms with Crippen LogP contribution in [-0.2, 0) is 6.42 Å². The van der Waals surface area contributed by atoms with Gasteiger partial charge in [-0.05, 0) is 56.4 Å². The zero-order valence-electron chi connectivity index (χ0n) is 9.74. The molecule has 0 spiro atoms. The maximum absolute atomic E-state index is 5.91. The van der Waals surface area contributed by atoms with Crippen molar-refractivity contribution in [1.82, 2.24) is 0 Å². The van der Waals surface area contributed by atoms with Crippen molar-refractivity contribution in [2.45, 2.75) is 38.5 Å². The molecule has 1 heteroatoms. The first kappa shape index (κ1) is 11.3. The lowest BCUT2D eigenvalue weighted by Crippen LogP contribution is -1.95. The van der Waals surface area contributed by atoms with E-state index in [9.17, 15) is 0 Å². The summed E-state index contributed by atoms with van der Waals surface area (Å²) < 4.78 is 5.91. The Kier molecular flexibility index (Phi) is 4.03. The fourth-order valence-corrected chi connectivity index (χ4v) is 1.99. The van der Waals surface area contributed by atoms with E-state index in [1.165, 1.54) is 24.8 Å². The van der Waals surface area contributed by atoms with Crippen LogP contribution in [0.5, 0.6) is 5.75 Å². The molecule has 0 aliphatic heterocycles. The lowest BCUT2D eigenvalue weighted by Gasteiger charge is -2.09. The van der Waals surface area contributed by atoms with Crippen LogP contribution < -0.4 is 4.74 Å². The van der Waals surface area contributed by atoms with Gasteiger partial charge in [0.05, 0.1) is 0 Å². The minimum atomic E-state index is 0.816. The van der Waals surface area contributed by atoms with Crippen LogP contribution in [0.25, 0.3) is 0 Å². The third-order valence-electron chi connectivity index (χ3n) is 2.94. The van der Waals surface area contributed by atoms with E-state index in [0.717, 1.165) is 30.8 Å². The summed E-state index contributed by atoms with van der Waals surface area (Å²) in [5.74, 6) is 2.09. The van der Waals surface area contributed by atoms with Gasteiger partial charge >= 0.3 is 0 Å². The molecule has 85 valence electrons. The molecule has 0 N–H and O–H groups in total. The van der Waals surface area contributed by atoms with E-state index in [1.807, 2.05) is 12.1 Å². The van der Waals surface area contributed by atoms with Gasteiger partial charge in [-0.25, -0.2) is 0 Å². The summed E-state index contributed by atoms with van der Waals surface area (Å²) >= 11 is 0. The number of allylic oxidation sites excluding steroid dienone is 2. The van der Waals surface area contributed by atoms with Crippen LogP contribution in [0, 0.1) is 6.92 Å². The first-order chi connectivity index (χ1) is 7.88. The van der Waals surface area contributed by atoms with E-state index in [4.69, 9.17) is 4.74 Å². The van der Waals surface area contributed by atoms with Gasteiger partial charge in [-0.15, -0.1) is 0 Å². The summed E-state index contributed by atoms with van der Waals surface area (Å²) in [6.07, 6.45) is 9.16. The summed E-state index contributed by atoms with van der Waals surface area (Å²) in [6, 6.07) is 8.22. The second kappa shape index (κ2) is 5.74. The zero-order valence-corrected chi connectivity index (χ0v) is 9.74. The predicted molar refractivity (Wildman–Crippen MR) is 67.3 cm³/mol. The van der Waals surface area contributed by atoms with Gasteiger partial charge < -0.3 is 4.74 Å². The van der Waals surface area contributed by atoms with Crippen LogP contribution in [-0.4, -0.2) is 0 Å². The summed E-state index contributed by atoms with van der Waals surface area (Å²) in [5, 5.41) is 0. The number of ether oxygens (including phenoxy) is 1. The highest BCUT2D eigenvalue weighted by Gasteiger charge is 2.05. The lowest BCUT2D eigenvalue weighted by molar-refractivity contribution is 0.399. The first-order valence-electron chi connectivity index (χ1n) is 6.13. The molecule has 0 fully saturated rings. The van der Waals surface area contributed by atoms with Crippen molar-refractivity contribution in [3.8, 4) is 5.75 Å². The molecule has 1 aliphatic rings. The second-order valence-corrected chi connectivity index (χ2v) is 4.27. The standard InChI is InChI=1S/C15H19O/c1-2-13-8-7-11-15(12-13)16-14-9-5-3-4-6-10-14/h7-9,11-12H,1-6,10H2. The monoisotopic (exact) mass is 215 g/mol. The van der Waals surface area contributed by atoms with Gasteiger partial charge in [0.25, 0.3) is 0 Å². The van der Waals surface area contributed by atoms with E-state index >= 15 is 0 Å². The predicted octanol–water partition coefficient (Wildman–Crippen LogP) is 4.29. The van der Waals surface area contributed by atoms with Crippen LogP contribution in [0.2, 0.25) is 0 Å². The van der Waals surface area contributed by atoms with Crippen molar-refractivity contribution in [3.63, 3.8) is 0 Å². The average Bonchev–Trinajstić information content (AvgIpc) is 2.58. The van der Waals surface area contributed by atoms with Crippen molar-refractivity contribution in [3.05, 3.63) is 48.6 Å². The minimum absolute atomic E-state index is 0.816. The van der Waals surface area contributed by atoms with Crippen molar-refractivity contribution < 1.29 is 4.74 Å². The molecule has 2 rings (SSSR count). The van der Waals surface area contributed by atoms with Crippen molar-refractivity contribution in [2.24, 2.45) is 0 Å². The third kappa shape index (κ3) is 3.13. The molecular weight excluding hydrogens is 196 g/mol. The smallest absolute Gasteiger partial charge is 0.127 e. The molecule has 1 radical (unpaired) electrons. The molecule has 16 heavy (non-hydrogen) atoms. The van der Waals surface area contributed by atoms with Crippen LogP contribution in [0.4, 0.5) is 0 Å². The van der Waals surface area contributed by atoms with Gasteiger partial charge in [0.1, 0.15) is 11.5 Å². The molecule has 0 saturated carbocycles. The Hall–Kier alpha value is -1.24. The van der Waals surface area contributed by atoms with Crippen LogP contribution >= 0.6 is 0 Å². The maximum atomic E-state index is 5.91. The fourth-order valence-electron chi connectivity index (χ4n) is 1.99. The van der Waals surface area contributed by atoms with Crippen LogP contribution in [0.1, 0.15) is 37.7 Å². The van der Waals surface area contributed by atoms with Crippen molar-refractivity contribution in [2.75, 3.05) is 0 Å². The van der Waals surface area contributed by atoms with Gasteiger partial charge in [-0.1, -0.05) is 18.6 Å². The molecule has 0 unspecified atom stereocenters. The molecule has 0 bridgehead atoms. The van der Waals surface area contributed by atoms with E-state index < -0.39 is 0 Å². The maximum Gasteiger partial charge on any atom is 0.127 e. The van der Waals surface area contributed by atoms with Gasteiger partial charge in [0.2, 0.25) is 0 Å². The molecular formula is C15H19O. The normalized spacial score (nSPS) is 16.4. The quantitative estimate of drug-likeness (QED) is 0.730. The van der Waals surface area contributed by atoms with Gasteiger partial charge in [-0.2, -0.15) is 0 Å². The minimum Gasteiger partial charge on any atom is -0.462 e. The number of hydrogen-bond donors (Lipinski definition) is 0. The van der Waals surface area contributed by atoms with E-state index in [2.05, 4.69) is 25.1 Å². The summed E-state index contributed by atoms with van der Waals surface area (Å²) in [7, 11) is 0. The molecule has 0 atom stereocenters. The fraction of sp³-hybridized carbons (Fsp3) is 0.400.